The molecule has 2 atom stereocenters. The molecule has 3 aliphatic heterocycles. The van der Waals surface area contributed by atoms with Gasteiger partial charge in [0.05, 0.1) is 18.6 Å². The molecule has 0 aliphatic carbocycles. The van der Waals surface area contributed by atoms with Gasteiger partial charge in [0, 0.05) is 41.2 Å². The molecular formula is C22H21BrN2O5. The predicted molar refractivity (Wildman–Crippen MR) is 113 cm³/mol. The number of carbonyl (C=O) groups is 2. The van der Waals surface area contributed by atoms with E-state index in [1.54, 1.807) is 17.0 Å². The van der Waals surface area contributed by atoms with Gasteiger partial charge in [-0.25, -0.2) is 0 Å². The van der Waals surface area contributed by atoms with Crippen LogP contribution in [0.3, 0.4) is 0 Å². The van der Waals surface area contributed by atoms with Crippen molar-refractivity contribution in [2.24, 2.45) is 5.92 Å². The third-order valence-corrected chi connectivity index (χ3v) is 6.15. The van der Waals surface area contributed by atoms with Crippen molar-refractivity contribution in [2.75, 3.05) is 31.3 Å². The number of benzene rings is 2. The Bertz CT molecular complexity index is 1010. The van der Waals surface area contributed by atoms with Gasteiger partial charge in [0.2, 0.25) is 11.8 Å². The van der Waals surface area contributed by atoms with Gasteiger partial charge in [0.1, 0.15) is 19.0 Å². The van der Waals surface area contributed by atoms with E-state index in [9.17, 15) is 9.59 Å². The van der Waals surface area contributed by atoms with Crippen LogP contribution < -0.4 is 24.4 Å². The van der Waals surface area contributed by atoms with E-state index in [-0.39, 0.29) is 24.3 Å². The van der Waals surface area contributed by atoms with E-state index in [4.69, 9.17) is 14.2 Å². The number of halogens is 1. The smallest absolute Gasteiger partial charge is 0.227 e. The number of nitrogens with zero attached hydrogens (tertiary/aromatic N) is 1. The summed E-state index contributed by atoms with van der Waals surface area (Å²) in [6, 6.07) is 11.1. The number of carbonyl (C=O) groups excluding carboxylic acids is 2. The Kier molecular flexibility index (Phi) is 5.02. The number of amides is 2. The molecule has 2 aromatic rings. The second kappa shape index (κ2) is 7.83. The average Bonchev–Trinajstić information content (AvgIpc) is 3.15. The Hall–Kier alpha value is -2.74. The summed E-state index contributed by atoms with van der Waals surface area (Å²) >= 11 is 3.48. The van der Waals surface area contributed by atoms with Crippen molar-refractivity contribution < 1.29 is 23.8 Å². The molecule has 0 spiro atoms. The maximum atomic E-state index is 13.0. The molecule has 1 N–H and O–H groups in total. The molecule has 2 amide bonds. The number of nitrogens with one attached hydrogen (secondary N) is 1. The maximum Gasteiger partial charge on any atom is 0.227 e. The Labute approximate surface area is 182 Å². The Morgan fingerprint density at radius 2 is 1.77 bits per heavy atom. The van der Waals surface area contributed by atoms with E-state index in [1.165, 1.54) is 0 Å². The maximum absolute atomic E-state index is 13.0. The topological polar surface area (TPSA) is 77.1 Å². The largest absolute Gasteiger partial charge is 0.493 e. The molecule has 0 bridgehead atoms. The second-order valence-corrected chi connectivity index (χ2v) is 8.53. The van der Waals surface area contributed by atoms with Crippen molar-refractivity contribution in [1.82, 2.24) is 5.32 Å². The number of anilines is 1. The quantitative estimate of drug-likeness (QED) is 0.741. The van der Waals surface area contributed by atoms with E-state index in [2.05, 4.69) is 21.2 Å². The first-order chi connectivity index (χ1) is 14.6. The number of hydrogen-bond acceptors (Lipinski definition) is 5. The summed E-state index contributed by atoms with van der Waals surface area (Å²) in [5.74, 6) is 1.52. The SMILES string of the molecule is O=C(NC1CCOc2ccc(Br)cc21)C1CC(=O)N(c2ccc3c(c2)OCCO3)C1. The van der Waals surface area contributed by atoms with Crippen molar-refractivity contribution in [2.45, 2.75) is 18.9 Å². The van der Waals surface area contributed by atoms with Crippen LogP contribution >= 0.6 is 15.9 Å². The zero-order valence-corrected chi connectivity index (χ0v) is 17.8. The van der Waals surface area contributed by atoms with Crippen molar-refractivity contribution >= 4 is 33.4 Å². The minimum atomic E-state index is -0.399. The first kappa shape index (κ1) is 19.2. The molecule has 3 aliphatic rings. The van der Waals surface area contributed by atoms with Gasteiger partial charge in [-0.05, 0) is 30.3 Å². The summed E-state index contributed by atoms with van der Waals surface area (Å²) in [6.07, 6.45) is 0.885. The summed E-state index contributed by atoms with van der Waals surface area (Å²) in [7, 11) is 0. The van der Waals surface area contributed by atoms with Crippen LogP contribution in [0.25, 0.3) is 0 Å². The lowest BCUT2D eigenvalue weighted by molar-refractivity contribution is -0.127. The molecule has 3 heterocycles. The molecule has 5 rings (SSSR count). The van der Waals surface area contributed by atoms with Crippen LogP contribution in [0.15, 0.2) is 40.9 Å². The van der Waals surface area contributed by atoms with Gasteiger partial charge >= 0.3 is 0 Å². The fraction of sp³-hybridized carbons (Fsp3) is 0.364. The molecule has 8 heteroatoms. The van der Waals surface area contributed by atoms with E-state index >= 15 is 0 Å². The van der Waals surface area contributed by atoms with Crippen molar-refractivity contribution in [3.8, 4) is 17.2 Å². The zero-order chi connectivity index (χ0) is 20.7. The summed E-state index contributed by atoms with van der Waals surface area (Å²) in [5, 5.41) is 3.12. The highest BCUT2D eigenvalue weighted by atomic mass is 79.9. The Morgan fingerprint density at radius 3 is 2.63 bits per heavy atom. The van der Waals surface area contributed by atoms with Gasteiger partial charge in [-0.2, -0.15) is 0 Å². The molecule has 7 nitrogen and oxygen atoms in total. The average molecular weight is 473 g/mol. The molecule has 1 saturated heterocycles. The highest BCUT2D eigenvalue weighted by Gasteiger charge is 2.37. The lowest BCUT2D eigenvalue weighted by Gasteiger charge is -2.28. The van der Waals surface area contributed by atoms with Crippen molar-refractivity contribution in [1.29, 1.82) is 0 Å². The number of rotatable bonds is 3. The minimum Gasteiger partial charge on any atom is -0.493 e. The van der Waals surface area contributed by atoms with Gasteiger partial charge in [0.25, 0.3) is 0 Å². The van der Waals surface area contributed by atoms with Crippen LogP contribution in [0, 0.1) is 5.92 Å². The van der Waals surface area contributed by atoms with E-state index in [0.29, 0.717) is 44.3 Å². The van der Waals surface area contributed by atoms with E-state index < -0.39 is 5.92 Å². The van der Waals surface area contributed by atoms with Gasteiger partial charge in [-0.3, -0.25) is 9.59 Å². The Morgan fingerprint density at radius 1 is 1.00 bits per heavy atom. The van der Waals surface area contributed by atoms with Crippen LogP contribution in [0.5, 0.6) is 17.2 Å². The lowest BCUT2D eigenvalue weighted by Crippen LogP contribution is -2.37. The lowest BCUT2D eigenvalue weighted by atomic mass is 9.99. The third kappa shape index (κ3) is 3.60. The second-order valence-electron chi connectivity index (χ2n) is 7.61. The van der Waals surface area contributed by atoms with Crippen LogP contribution in [-0.4, -0.2) is 38.2 Å². The summed E-state index contributed by atoms with van der Waals surface area (Å²) in [4.78, 5) is 27.3. The first-order valence-corrected chi connectivity index (χ1v) is 10.8. The van der Waals surface area contributed by atoms with Gasteiger partial charge in [-0.1, -0.05) is 15.9 Å². The molecule has 1 fully saturated rings. The number of fused-ring (bicyclic) bond motifs is 2. The van der Waals surface area contributed by atoms with E-state index in [0.717, 1.165) is 21.5 Å². The van der Waals surface area contributed by atoms with Crippen molar-refractivity contribution in [3.63, 3.8) is 0 Å². The third-order valence-electron chi connectivity index (χ3n) is 5.66. The van der Waals surface area contributed by atoms with Crippen molar-refractivity contribution in [3.05, 3.63) is 46.4 Å². The summed E-state index contributed by atoms with van der Waals surface area (Å²) in [5.41, 5.74) is 1.68. The molecule has 30 heavy (non-hydrogen) atoms. The van der Waals surface area contributed by atoms with E-state index in [1.807, 2.05) is 24.3 Å². The molecule has 2 unspecified atom stereocenters. The van der Waals surface area contributed by atoms with Crippen LogP contribution in [-0.2, 0) is 9.59 Å². The van der Waals surface area contributed by atoms with Gasteiger partial charge < -0.3 is 24.4 Å². The molecule has 156 valence electrons. The highest BCUT2D eigenvalue weighted by Crippen LogP contribution is 2.37. The van der Waals surface area contributed by atoms with Crippen LogP contribution in [0.4, 0.5) is 5.69 Å². The van der Waals surface area contributed by atoms with Gasteiger partial charge in [-0.15, -0.1) is 0 Å². The minimum absolute atomic E-state index is 0.0676. The zero-order valence-electron chi connectivity index (χ0n) is 16.2. The molecule has 0 aromatic heterocycles. The van der Waals surface area contributed by atoms with Gasteiger partial charge in [0.15, 0.2) is 11.5 Å². The first-order valence-electron chi connectivity index (χ1n) is 10.0. The molecular weight excluding hydrogens is 452 g/mol. The molecule has 0 radical (unpaired) electrons. The summed E-state index contributed by atoms with van der Waals surface area (Å²) < 4.78 is 17.8. The number of ether oxygens (including phenoxy) is 3. The molecule has 2 aromatic carbocycles. The Balaban J connectivity index is 1.29. The molecule has 0 saturated carbocycles. The standard InChI is InChI=1S/C22H21BrN2O5/c23-14-1-3-18-16(10-14)17(5-6-28-18)24-22(27)13-9-21(26)25(12-13)15-2-4-19-20(11-15)30-8-7-29-19/h1-4,10-11,13,17H,5-9,12H2,(H,24,27). The normalized spacial score (nSPS) is 22.3. The monoisotopic (exact) mass is 472 g/mol. The predicted octanol–water partition coefficient (Wildman–Crippen LogP) is 3.21. The summed E-state index contributed by atoms with van der Waals surface area (Å²) in [6.45, 7) is 1.90. The fourth-order valence-corrected chi connectivity index (χ4v) is 4.52. The number of hydrogen-bond donors (Lipinski definition) is 1. The fourth-order valence-electron chi connectivity index (χ4n) is 4.14. The van der Waals surface area contributed by atoms with Crippen LogP contribution in [0.1, 0.15) is 24.4 Å². The van der Waals surface area contributed by atoms with Crippen LogP contribution in [0.2, 0.25) is 0 Å². The highest BCUT2D eigenvalue weighted by molar-refractivity contribution is 9.10.